The third-order valence-corrected chi connectivity index (χ3v) is 4.38. The second kappa shape index (κ2) is 6.60. The minimum absolute atomic E-state index is 0.0251. The molecule has 1 N–H and O–H groups in total. The Kier molecular flexibility index (Phi) is 4.50. The van der Waals surface area contributed by atoms with Crippen LogP contribution < -0.4 is 10.1 Å². The monoisotopic (exact) mass is 360 g/mol. The number of aryl methyl sites for hydroxylation is 2. The smallest absolute Gasteiger partial charge is 0.271 e. The molecule has 3 aromatic rings. The molecule has 0 saturated heterocycles. The molecule has 0 atom stereocenters. The van der Waals surface area contributed by atoms with E-state index in [4.69, 9.17) is 16.3 Å². The van der Waals surface area contributed by atoms with Gasteiger partial charge in [-0.2, -0.15) is 0 Å². The highest BCUT2D eigenvalue weighted by Gasteiger charge is 2.14. The Morgan fingerprint density at radius 2 is 2.12 bits per heavy atom. The Bertz CT molecular complexity index is 945. The standard InChI is InChI=1S/C17H17ClN4O3/c1-10-6-11(22(23)24)7-13(18)17(10)19-9-16-20-14-8-12(25-3)4-5-15(14)21(16)2/h4-8,19H,9H2,1-3H3. The molecule has 130 valence electrons. The van der Waals surface area contributed by atoms with Crippen molar-refractivity contribution in [3.05, 3.63) is 56.9 Å². The summed E-state index contributed by atoms with van der Waals surface area (Å²) in [5, 5.41) is 14.4. The van der Waals surface area contributed by atoms with Crippen LogP contribution in [0.1, 0.15) is 11.4 Å². The van der Waals surface area contributed by atoms with Gasteiger partial charge < -0.3 is 14.6 Å². The maximum absolute atomic E-state index is 10.9. The molecule has 1 heterocycles. The maximum atomic E-state index is 10.9. The number of imidazole rings is 1. The van der Waals surface area contributed by atoms with E-state index in [1.165, 1.54) is 12.1 Å². The van der Waals surface area contributed by atoms with Gasteiger partial charge in [0.05, 0.1) is 40.3 Å². The topological polar surface area (TPSA) is 82.2 Å². The summed E-state index contributed by atoms with van der Waals surface area (Å²) in [5.74, 6) is 1.57. The Labute approximate surface area is 149 Å². The molecule has 0 spiro atoms. The van der Waals surface area contributed by atoms with E-state index in [2.05, 4.69) is 10.3 Å². The first kappa shape index (κ1) is 17.0. The normalized spacial score (nSPS) is 10.9. The van der Waals surface area contributed by atoms with Gasteiger partial charge in [-0.05, 0) is 24.6 Å². The summed E-state index contributed by atoms with van der Waals surface area (Å²) >= 11 is 6.19. The SMILES string of the molecule is COc1ccc2c(c1)nc(CNc1c(C)cc([N+](=O)[O-])cc1Cl)n2C. The summed E-state index contributed by atoms with van der Waals surface area (Å²) in [4.78, 5) is 15.0. The van der Waals surface area contributed by atoms with Crippen LogP contribution in [0, 0.1) is 17.0 Å². The average Bonchev–Trinajstić information content (AvgIpc) is 2.89. The molecular weight excluding hydrogens is 344 g/mol. The number of hydrogen-bond donors (Lipinski definition) is 1. The van der Waals surface area contributed by atoms with Crippen LogP contribution in [-0.2, 0) is 13.6 Å². The molecular formula is C17H17ClN4O3. The minimum atomic E-state index is -0.457. The molecule has 0 fully saturated rings. The third-order valence-electron chi connectivity index (χ3n) is 4.09. The first-order valence-electron chi connectivity index (χ1n) is 7.58. The third kappa shape index (κ3) is 3.23. The Balaban J connectivity index is 1.88. The minimum Gasteiger partial charge on any atom is -0.497 e. The van der Waals surface area contributed by atoms with Gasteiger partial charge in [-0.25, -0.2) is 4.98 Å². The van der Waals surface area contributed by atoms with Gasteiger partial charge in [-0.1, -0.05) is 11.6 Å². The van der Waals surface area contributed by atoms with Crippen LogP contribution in [0.15, 0.2) is 30.3 Å². The molecule has 0 aliphatic carbocycles. The Morgan fingerprint density at radius 3 is 2.76 bits per heavy atom. The number of rotatable bonds is 5. The van der Waals surface area contributed by atoms with Gasteiger partial charge in [0, 0.05) is 25.2 Å². The van der Waals surface area contributed by atoms with Gasteiger partial charge in [0.15, 0.2) is 0 Å². The van der Waals surface area contributed by atoms with Crippen LogP contribution in [0.5, 0.6) is 5.75 Å². The van der Waals surface area contributed by atoms with Crippen molar-refractivity contribution in [1.82, 2.24) is 9.55 Å². The van der Waals surface area contributed by atoms with Crippen molar-refractivity contribution in [3.63, 3.8) is 0 Å². The van der Waals surface area contributed by atoms with E-state index in [-0.39, 0.29) is 5.69 Å². The van der Waals surface area contributed by atoms with Crippen LogP contribution in [0.3, 0.4) is 0 Å². The van der Waals surface area contributed by atoms with Gasteiger partial charge in [-0.3, -0.25) is 10.1 Å². The molecule has 0 radical (unpaired) electrons. The zero-order valence-electron chi connectivity index (χ0n) is 14.0. The van der Waals surface area contributed by atoms with E-state index < -0.39 is 4.92 Å². The lowest BCUT2D eigenvalue weighted by atomic mass is 10.1. The number of nitro groups is 1. The average molecular weight is 361 g/mol. The molecule has 7 nitrogen and oxygen atoms in total. The summed E-state index contributed by atoms with van der Waals surface area (Å²) in [6.45, 7) is 2.22. The second-order valence-corrected chi connectivity index (χ2v) is 6.08. The van der Waals surface area contributed by atoms with Gasteiger partial charge >= 0.3 is 0 Å². The first-order valence-corrected chi connectivity index (χ1v) is 7.96. The van der Waals surface area contributed by atoms with E-state index in [0.29, 0.717) is 22.8 Å². The van der Waals surface area contributed by atoms with Gasteiger partial charge in [0.1, 0.15) is 11.6 Å². The summed E-state index contributed by atoms with van der Waals surface area (Å²) in [6, 6.07) is 8.56. The number of ether oxygens (including phenoxy) is 1. The fraction of sp³-hybridized carbons (Fsp3) is 0.235. The number of halogens is 1. The lowest BCUT2D eigenvalue weighted by molar-refractivity contribution is -0.384. The molecule has 0 unspecified atom stereocenters. The second-order valence-electron chi connectivity index (χ2n) is 5.67. The predicted molar refractivity (Wildman–Crippen MR) is 97.4 cm³/mol. The molecule has 3 rings (SSSR count). The molecule has 0 amide bonds. The van der Waals surface area contributed by atoms with Crippen molar-refractivity contribution in [2.45, 2.75) is 13.5 Å². The molecule has 0 aliphatic rings. The largest absolute Gasteiger partial charge is 0.497 e. The number of hydrogen-bond acceptors (Lipinski definition) is 5. The summed E-state index contributed by atoms with van der Waals surface area (Å²) < 4.78 is 7.21. The van der Waals surface area contributed by atoms with Gasteiger partial charge in [0.25, 0.3) is 5.69 Å². The Hall–Kier alpha value is -2.80. The molecule has 25 heavy (non-hydrogen) atoms. The number of methoxy groups -OCH3 is 1. The van der Waals surface area contributed by atoms with Crippen LogP contribution in [-0.4, -0.2) is 21.6 Å². The van der Waals surface area contributed by atoms with Gasteiger partial charge in [-0.15, -0.1) is 0 Å². The first-order chi connectivity index (χ1) is 11.9. The number of aromatic nitrogens is 2. The number of nitro benzene ring substituents is 1. The van der Waals surface area contributed by atoms with Crippen LogP contribution >= 0.6 is 11.6 Å². The highest BCUT2D eigenvalue weighted by Crippen LogP contribution is 2.31. The van der Waals surface area contributed by atoms with Crippen molar-refractivity contribution in [2.75, 3.05) is 12.4 Å². The van der Waals surface area contributed by atoms with E-state index >= 15 is 0 Å². The Morgan fingerprint density at radius 1 is 1.36 bits per heavy atom. The number of nitrogens with zero attached hydrogens (tertiary/aromatic N) is 3. The lowest BCUT2D eigenvalue weighted by Gasteiger charge is -2.11. The van der Waals surface area contributed by atoms with Crippen molar-refractivity contribution in [3.8, 4) is 5.75 Å². The van der Waals surface area contributed by atoms with Crippen LogP contribution in [0.4, 0.5) is 11.4 Å². The molecule has 0 aliphatic heterocycles. The van der Waals surface area contributed by atoms with Crippen LogP contribution in [0.2, 0.25) is 5.02 Å². The molecule has 1 aromatic heterocycles. The number of non-ortho nitro benzene ring substituents is 1. The van der Waals surface area contributed by atoms with Crippen molar-refractivity contribution < 1.29 is 9.66 Å². The fourth-order valence-electron chi connectivity index (χ4n) is 2.74. The fourth-order valence-corrected chi connectivity index (χ4v) is 3.06. The number of anilines is 1. The van der Waals surface area contributed by atoms with Crippen molar-refractivity contribution in [1.29, 1.82) is 0 Å². The van der Waals surface area contributed by atoms with Gasteiger partial charge in [0.2, 0.25) is 0 Å². The number of benzene rings is 2. The molecule has 0 saturated carbocycles. The zero-order valence-corrected chi connectivity index (χ0v) is 14.8. The number of fused-ring (bicyclic) bond motifs is 1. The predicted octanol–water partition coefficient (Wildman–Crippen LogP) is 4.06. The van der Waals surface area contributed by atoms with Crippen molar-refractivity contribution >= 4 is 34.0 Å². The van der Waals surface area contributed by atoms with E-state index in [0.717, 1.165) is 22.6 Å². The zero-order chi connectivity index (χ0) is 18.1. The highest BCUT2D eigenvalue weighted by atomic mass is 35.5. The maximum Gasteiger partial charge on any atom is 0.271 e. The molecule has 0 bridgehead atoms. The van der Waals surface area contributed by atoms with E-state index in [1.807, 2.05) is 29.8 Å². The quantitative estimate of drug-likeness (QED) is 0.548. The molecule has 8 heteroatoms. The lowest BCUT2D eigenvalue weighted by Crippen LogP contribution is -2.07. The van der Waals surface area contributed by atoms with E-state index in [9.17, 15) is 10.1 Å². The number of nitrogens with one attached hydrogen (secondary N) is 1. The highest BCUT2D eigenvalue weighted by molar-refractivity contribution is 6.33. The summed E-state index contributed by atoms with van der Waals surface area (Å²) in [6.07, 6.45) is 0. The van der Waals surface area contributed by atoms with Crippen LogP contribution in [0.25, 0.3) is 11.0 Å². The summed E-state index contributed by atoms with van der Waals surface area (Å²) in [7, 11) is 3.55. The van der Waals surface area contributed by atoms with E-state index in [1.54, 1.807) is 14.0 Å². The summed E-state index contributed by atoms with van der Waals surface area (Å²) in [5.41, 5.74) is 3.17. The van der Waals surface area contributed by atoms with Crippen molar-refractivity contribution in [2.24, 2.45) is 7.05 Å². The molecule has 2 aromatic carbocycles.